The summed E-state index contributed by atoms with van der Waals surface area (Å²) >= 11 is 18.7. The van der Waals surface area contributed by atoms with Crippen molar-refractivity contribution in [1.29, 1.82) is 0 Å². The Bertz CT molecular complexity index is 1080. The van der Waals surface area contributed by atoms with Crippen molar-refractivity contribution in [3.63, 3.8) is 0 Å². The molecule has 152 valence electrons. The molecule has 2 aromatic carbocycles. The number of nitrogens with zero attached hydrogens (tertiary/aromatic N) is 2. The summed E-state index contributed by atoms with van der Waals surface area (Å²) in [5.41, 5.74) is 1.28. The van der Waals surface area contributed by atoms with Crippen LogP contribution in [0.2, 0.25) is 15.1 Å². The zero-order valence-electron chi connectivity index (χ0n) is 15.0. The molecule has 2 heterocycles. The normalized spacial score (nSPS) is 14.3. The zero-order valence-corrected chi connectivity index (χ0v) is 17.2. The number of anilines is 1. The topological polar surface area (TPSA) is 29.9 Å². The van der Waals surface area contributed by atoms with Crippen LogP contribution >= 0.6 is 34.8 Å². The van der Waals surface area contributed by atoms with E-state index in [9.17, 15) is 13.2 Å². The summed E-state index contributed by atoms with van der Waals surface area (Å²) in [4.78, 5) is 0. The molecule has 0 fully saturated rings. The third-order valence-electron chi connectivity index (χ3n) is 4.82. The summed E-state index contributed by atoms with van der Waals surface area (Å²) < 4.78 is 41.4. The summed E-state index contributed by atoms with van der Waals surface area (Å²) in [6.07, 6.45) is -2.01. The van der Waals surface area contributed by atoms with E-state index in [1.807, 2.05) is 0 Å². The van der Waals surface area contributed by atoms with Gasteiger partial charge in [-0.15, -0.1) is 0 Å². The molecule has 1 aliphatic heterocycles. The highest BCUT2D eigenvalue weighted by Gasteiger charge is 2.32. The van der Waals surface area contributed by atoms with Crippen LogP contribution in [0, 0.1) is 0 Å². The van der Waals surface area contributed by atoms with Gasteiger partial charge in [-0.2, -0.15) is 18.3 Å². The molecular weight excluding hydrogens is 446 g/mol. The van der Waals surface area contributed by atoms with Crippen molar-refractivity contribution in [2.45, 2.75) is 25.4 Å². The Hall–Kier alpha value is -1.89. The predicted molar refractivity (Wildman–Crippen MR) is 110 cm³/mol. The lowest BCUT2D eigenvalue weighted by molar-refractivity contribution is -0.137. The fourth-order valence-corrected chi connectivity index (χ4v) is 4.12. The lowest BCUT2D eigenvalue weighted by Gasteiger charge is -2.10. The number of rotatable bonds is 2. The van der Waals surface area contributed by atoms with Gasteiger partial charge in [0.2, 0.25) is 0 Å². The molecule has 0 atom stereocenters. The summed E-state index contributed by atoms with van der Waals surface area (Å²) in [7, 11) is 0. The molecule has 0 radical (unpaired) electrons. The van der Waals surface area contributed by atoms with E-state index in [2.05, 4.69) is 10.4 Å². The van der Waals surface area contributed by atoms with Gasteiger partial charge in [0, 0.05) is 22.7 Å². The maximum absolute atomic E-state index is 13.3. The molecule has 1 aromatic heterocycles. The third-order valence-corrected chi connectivity index (χ3v) is 5.68. The van der Waals surface area contributed by atoms with Crippen LogP contribution in [0.25, 0.3) is 16.9 Å². The number of nitrogens with one attached hydrogen (secondary N) is 1. The minimum absolute atomic E-state index is 0.205. The SMILES string of the molecule is FC(F)(F)c1ccc(Cl)c(-c2nn(-c3ccc(Cl)cc3Cl)c3c2CCCCN3)c1. The molecule has 4 rings (SSSR count). The Morgan fingerprint density at radius 1 is 0.966 bits per heavy atom. The minimum atomic E-state index is -4.48. The Morgan fingerprint density at radius 2 is 1.76 bits per heavy atom. The number of hydrogen-bond acceptors (Lipinski definition) is 2. The van der Waals surface area contributed by atoms with Gasteiger partial charge in [-0.05, 0) is 55.7 Å². The maximum Gasteiger partial charge on any atom is 0.416 e. The maximum atomic E-state index is 13.3. The van der Waals surface area contributed by atoms with Gasteiger partial charge in [-0.1, -0.05) is 34.8 Å². The van der Waals surface area contributed by atoms with Crippen molar-refractivity contribution in [2.75, 3.05) is 11.9 Å². The summed E-state index contributed by atoms with van der Waals surface area (Å²) in [6.45, 7) is 0.722. The van der Waals surface area contributed by atoms with Crippen molar-refractivity contribution in [3.05, 3.63) is 62.6 Å². The van der Waals surface area contributed by atoms with Crippen molar-refractivity contribution in [3.8, 4) is 16.9 Å². The van der Waals surface area contributed by atoms with Crippen molar-refractivity contribution < 1.29 is 13.2 Å². The van der Waals surface area contributed by atoms with Gasteiger partial charge in [0.15, 0.2) is 0 Å². The van der Waals surface area contributed by atoms with Crippen LogP contribution in [-0.2, 0) is 12.6 Å². The van der Waals surface area contributed by atoms with Crippen molar-refractivity contribution in [1.82, 2.24) is 9.78 Å². The van der Waals surface area contributed by atoms with Crippen molar-refractivity contribution >= 4 is 40.6 Å². The van der Waals surface area contributed by atoms with E-state index < -0.39 is 11.7 Å². The second-order valence-electron chi connectivity index (χ2n) is 6.76. The molecule has 0 unspecified atom stereocenters. The first-order valence-electron chi connectivity index (χ1n) is 8.94. The van der Waals surface area contributed by atoms with Gasteiger partial charge in [-0.3, -0.25) is 0 Å². The van der Waals surface area contributed by atoms with Gasteiger partial charge in [0.1, 0.15) is 5.82 Å². The number of hydrogen-bond donors (Lipinski definition) is 1. The lowest BCUT2D eigenvalue weighted by atomic mass is 10.0. The molecule has 3 aromatic rings. The average molecular weight is 461 g/mol. The first kappa shape index (κ1) is 20.4. The first-order chi connectivity index (χ1) is 13.8. The number of fused-ring (bicyclic) bond motifs is 1. The van der Waals surface area contributed by atoms with E-state index in [-0.39, 0.29) is 10.6 Å². The van der Waals surface area contributed by atoms with Gasteiger partial charge < -0.3 is 5.32 Å². The number of alkyl halides is 3. The van der Waals surface area contributed by atoms with Crippen LogP contribution in [0.1, 0.15) is 24.0 Å². The molecular formula is C20H15Cl3F3N3. The first-order valence-corrected chi connectivity index (χ1v) is 10.1. The van der Waals surface area contributed by atoms with Crippen LogP contribution in [0.5, 0.6) is 0 Å². The molecule has 29 heavy (non-hydrogen) atoms. The van der Waals surface area contributed by atoms with E-state index in [1.54, 1.807) is 22.9 Å². The zero-order chi connectivity index (χ0) is 20.8. The fraction of sp³-hybridized carbons (Fsp3) is 0.250. The van der Waals surface area contributed by atoms with Crippen LogP contribution in [0.15, 0.2) is 36.4 Å². The Labute approximate surface area is 180 Å². The molecule has 3 nitrogen and oxygen atoms in total. The molecule has 0 saturated carbocycles. The third kappa shape index (κ3) is 3.93. The standard InChI is InChI=1S/C20H15Cl3F3N3/c21-12-5-7-17(16(23)10-12)29-19-13(3-1-2-8-27-19)18(28-29)14-9-11(20(24,25)26)4-6-15(14)22/h4-7,9-10,27H,1-3,8H2. The van der Waals surface area contributed by atoms with E-state index >= 15 is 0 Å². The molecule has 0 amide bonds. The summed E-state index contributed by atoms with van der Waals surface area (Å²) in [6, 6.07) is 8.27. The second-order valence-corrected chi connectivity index (χ2v) is 8.01. The minimum Gasteiger partial charge on any atom is -0.370 e. The van der Waals surface area contributed by atoms with Crippen LogP contribution in [0.4, 0.5) is 19.0 Å². The van der Waals surface area contributed by atoms with Crippen molar-refractivity contribution in [2.24, 2.45) is 0 Å². The smallest absolute Gasteiger partial charge is 0.370 e. The summed E-state index contributed by atoms with van der Waals surface area (Å²) in [5, 5.41) is 9.02. The molecule has 0 saturated heterocycles. The Kier molecular flexibility index (Phi) is 5.44. The predicted octanol–water partition coefficient (Wildman–Crippen LogP) is 7.27. The van der Waals surface area contributed by atoms with Gasteiger partial charge >= 0.3 is 6.18 Å². The van der Waals surface area contributed by atoms with Gasteiger partial charge in [0.25, 0.3) is 0 Å². The average Bonchev–Trinajstić information content (AvgIpc) is 2.83. The van der Waals surface area contributed by atoms with E-state index in [0.717, 1.165) is 37.1 Å². The fourth-order valence-electron chi connectivity index (χ4n) is 3.43. The quantitative estimate of drug-likeness (QED) is 0.436. The van der Waals surface area contributed by atoms with E-state index in [0.29, 0.717) is 33.7 Å². The highest BCUT2D eigenvalue weighted by atomic mass is 35.5. The molecule has 1 N–H and O–H groups in total. The van der Waals surface area contributed by atoms with Crippen LogP contribution in [0.3, 0.4) is 0 Å². The lowest BCUT2D eigenvalue weighted by Crippen LogP contribution is -2.07. The highest BCUT2D eigenvalue weighted by molar-refractivity contribution is 6.35. The van der Waals surface area contributed by atoms with Gasteiger partial charge in [0.05, 0.1) is 27.0 Å². The molecule has 0 bridgehead atoms. The highest BCUT2D eigenvalue weighted by Crippen LogP contribution is 2.41. The van der Waals surface area contributed by atoms with Gasteiger partial charge in [-0.25, -0.2) is 4.68 Å². The Morgan fingerprint density at radius 3 is 2.48 bits per heavy atom. The number of aromatic nitrogens is 2. The largest absolute Gasteiger partial charge is 0.416 e. The monoisotopic (exact) mass is 459 g/mol. The van der Waals surface area contributed by atoms with E-state index in [4.69, 9.17) is 34.8 Å². The Balaban J connectivity index is 1.95. The van der Waals surface area contributed by atoms with Crippen LogP contribution < -0.4 is 5.32 Å². The number of halogens is 6. The van der Waals surface area contributed by atoms with E-state index in [1.165, 1.54) is 6.07 Å². The summed E-state index contributed by atoms with van der Waals surface area (Å²) in [5.74, 6) is 0.704. The molecule has 9 heteroatoms. The molecule has 1 aliphatic rings. The van der Waals surface area contributed by atoms with Crippen LogP contribution in [-0.4, -0.2) is 16.3 Å². The molecule has 0 aliphatic carbocycles. The molecule has 0 spiro atoms. The number of benzene rings is 2. The second kappa shape index (κ2) is 7.74.